The van der Waals surface area contributed by atoms with E-state index >= 15 is 0 Å². The van der Waals surface area contributed by atoms with E-state index in [1.54, 1.807) is 13.3 Å². The third kappa shape index (κ3) is 11.5. The predicted octanol–water partition coefficient (Wildman–Crippen LogP) is 6.04. The number of nitrogens with zero attached hydrogens (tertiary/aromatic N) is 3. The Bertz CT molecular complexity index is 1360. The molecule has 4 rings (SSSR count). The first kappa shape index (κ1) is 36.6. The van der Waals surface area contributed by atoms with E-state index in [2.05, 4.69) is 20.9 Å². The van der Waals surface area contributed by atoms with Crippen LogP contribution in [0.15, 0.2) is 34.9 Å². The summed E-state index contributed by atoms with van der Waals surface area (Å²) >= 11 is 0. The zero-order valence-electron chi connectivity index (χ0n) is 27.4. The van der Waals surface area contributed by atoms with Crippen LogP contribution in [0.4, 0.5) is 0 Å². The van der Waals surface area contributed by atoms with E-state index in [1.165, 1.54) is 0 Å². The molecule has 0 atom stereocenters. The Labute approximate surface area is 261 Å². The number of methoxy groups -OCH3 is 1. The van der Waals surface area contributed by atoms with E-state index in [4.69, 9.17) is 20.3 Å². The van der Waals surface area contributed by atoms with Crippen LogP contribution in [0.3, 0.4) is 0 Å². The molecule has 1 fully saturated rings. The number of benzene rings is 1. The molecule has 3 aromatic rings. The molecule has 0 bridgehead atoms. The molecule has 1 aliphatic heterocycles. The summed E-state index contributed by atoms with van der Waals surface area (Å²) in [6.45, 7) is 9.49. The van der Waals surface area contributed by atoms with Gasteiger partial charge in [0.2, 0.25) is 0 Å². The van der Waals surface area contributed by atoms with Crippen molar-refractivity contribution in [3.05, 3.63) is 42.0 Å². The van der Waals surface area contributed by atoms with Crippen molar-refractivity contribution in [1.82, 2.24) is 14.9 Å². The Balaban J connectivity index is 0.000000355. The van der Waals surface area contributed by atoms with Crippen molar-refractivity contribution in [2.24, 2.45) is 5.73 Å². The largest absolute Gasteiger partial charge is 0.496 e. The Hall–Kier alpha value is -3.63. The van der Waals surface area contributed by atoms with Crippen molar-refractivity contribution in [2.75, 3.05) is 27.2 Å². The molecule has 4 N–H and O–H groups in total. The fraction of sp³-hybridized carbons (Fsp3) is 0.559. The van der Waals surface area contributed by atoms with Crippen LogP contribution in [0.1, 0.15) is 90.1 Å². The average Bonchev–Trinajstić information content (AvgIpc) is 3.49. The lowest BCUT2D eigenvalue weighted by atomic mass is 9.86. The highest BCUT2D eigenvalue weighted by Gasteiger charge is 2.33. The van der Waals surface area contributed by atoms with Crippen LogP contribution in [0.2, 0.25) is 0 Å². The van der Waals surface area contributed by atoms with Gasteiger partial charge in [0.05, 0.1) is 35.7 Å². The number of aryl methyl sites for hydroxylation is 2. The smallest absolute Gasteiger partial charge is 0.262 e. The number of carbonyl (C=O) groups is 2. The third-order valence-electron chi connectivity index (χ3n) is 7.68. The van der Waals surface area contributed by atoms with Gasteiger partial charge >= 0.3 is 0 Å². The second kappa shape index (κ2) is 18.2. The molecule has 0 unspecified atom stereocenters. The molecule has 44 heavy (non-hydrogen) atoms. The van der Waals surface area contributed by atoms with E-state index in [0.717, 1.165) is 79.0 Å². The van der Waals surface area contributed by atoms with Gasteiger partial charge in [0.25, 0.3) is 5.91 Å². The molecule has 10 heteroatoms. The van der Waals surface area contributed by atoms with Crippen LogP contribution in [0.25, 0.3) is 22.2 Å². The maximum Gasteiger partial charge on any atom is 0.262 e. The minimum absolute atomic E-state index is 0.0795. The summed E-state index contributed by atoms with van der Waals surface area (Å²) in [5, 5.41) is 18.4. The van der Waals surface area contributed by atoms with E-state index in [-0.39, 0.29) is 12.1 Å². The molecule has 3 heterocycles. The summed E-state index contributed by atoms with van der Waals surface area (Å²) in [5.74, 6) is 1.80. The summed E-state index contributed by atoms with van der Waals surface area (Å²) in [6.07, 6.45) is 9.34. The number of Topliss-reactive ketones (excluding diaryl/α,β-unsaturated/α-hetero) is 1. The minimum Gasteiger partial charge on any atom is -0.496 e. The Kier molecular flexibility index (Phi) is 15.2. The SMILES string of the molecule is CC.CCC(=O)CCCCCCc1ncc(-c2cc3ccc(C)nc3cc2OC)o1.CN1CCC(O)(CC(=N)C(N)=O)CC1. The Morgan fingerprint density at radius 2 is 1.82 bits per heavy atom. The monoisotopic (exact) mass is 609 g/mol. The van der Waals surface area contributed by atoms with E-state index in [0.29, 0.717) is 37.2 Å². The second-order valence-corrected chi connectivity index (χ2v) is 11.2. The van der Waals surface area contributed by atoms with Crippen molar-refractivity contribution in [3.63, 3.8) is 0 Å². The van der Waals surface area contributed by atoms with Crippen molar-refractivity contribution in [1.29, 1.82) is 5.41 Å². The number of hydrogen-bond acceptors (Lipinski definition) is 9. The van der Waals surface area contributed by atoms with Crippen molar-refractivity contribution in [3.8, 4) is 17.1 Å². The molecule has 0 aliphatic carbocycles. The van der Waals surface area contributed by atoms with E-state index in [9.17, 15) is 14.7 Å². The molecular weight excluding hydrogens is 558 g/mol. The first-order chi connectivity index (χ1) is 21.0. The molecule has 1 amide bonds. The van der Waals surface area contributed by atoms with Gasteiger partial charge in [-0.3, -0.25) is 20.0 Å². The number of pyridine rings is 1. The van der Waals surface area contributed by atoms with Gasteiger partial charge in [-0.25, -0.2) is 4.98 Å². The highest BCUT2D eigenvalue weighted by atomic mass is 16.5. The summed E-state index contributed by atoms with van der Waals surface area (Å²) in [5.41, 5.74) is 6.63. The molecule has 1 aromatic carbocycles. The third-order valence-corrected chi connectivity index (χ3v) is 7.68. The Morgan fingerprint density at radius 3 is 2.45 bits per heavy atom. The minimum atomic E-state index is -0.904. The molecule has 10 nitrogen and oxygen atoms in total. The molecule has 2 aromatic heterocycles. The number of likely N-dealkylation sites (tertiary alicyclic amines) is 1. The standard InChI is InChI=1S/C23H28N2O3.C9H17N3O2.C2H6/c1-4-18(26)9-7-5-6-8-10-23-24-15-22(28-23)19-13-17-12-11-16(2)25-20(17)14-21(19)27-3;1-12-4-2-9(14,3-5-12)6-7(10)8(11)13;1-2/h11-15H,4-10H2,1-3H3;10,14H,2-6H2,1H3,(H2,11,13);1-2H3. The number of primary amides is 1. The number of oxazole rings is 1. The van der Waals surface area contributed by atoms with Crippen LogP contribution in [0.5, 0.6) is 5.75 Å². The maximum absolute atomic E-state index is 11.3. The summed E-state index contributed by atoms with van der Waals surface area (Å²) in [7, 11) is 3.64. The number of ether oxygens (including phenoxy) is 1. The van der Waals surface area contributed by atoms with Gasteiger partial charge in [0.15, 0.2) is 11.7 Å². The molecule has 1 saturated heterocycles. The lowest BCUT2D eigenvalue weighted by Crippen LogP contribution is -2.45. The number of carbonyl (C=O) groups excluding carboxylic acids is 2. The number of amides is 1. The number of aliphatic hydroxyl groups is 1. The number of unbranched alkanes of at least 4 members (excludes halogenated alkanes) is 3. The highest BCUT2D eigenvalue weighted by molar-refractivity contribution is 6.37. The van der Waals surface area contributed by atoms with Crippen LogP contribution in [-0.4, -0.2) is 70.2 Å². The van der Waals surface area contributed by atoms with Gasteiger partial charge in [-0.2, -0.15) is 0 Å². The van der Waals surface area contributed by atoms with Crippen LogP contribution < -0.4 is 10.5 Å². The highest BCUT2D eigenvalue weighted by Crippen LogP contribution is 2.34. The molecule has 0 spiro atoms. The van der Waals surface area contributed by atoms with Crippen LogP contribution >= 0.6 is 0 Å². The molecular formula is C34H51N5O5. The quantitative estimate of drug-likeness (QED) is 0.156. The van der Waals surface area contributed by atoms with Crippen LogP contribution in [-0.2, 0) is 16.0 Å². The number of hydrogen-bond donors (Lipinski definition) is 3. The first-order valence-electron chi connectivity index (χ1n) is 15.7. The number of aromatic nitrogens is 2. The maximum atomic E-state index is 11.3. The molecule has 0 saturated carbocycles. The molecule has 242 valence electrons. The average molecular weight is 610 g/mol. The summed E-state index contributed by atoms with van der Waals surface area (Å²) in [4.78, 5) is 33.1. The Morgan fingerprint density at radius 1 is 1.14 bits per heavy atom. The summed E-state index contributed by atoms with van der Waals surface area (Å²) in [6, 6.07) is 8.03. The van der Waals surface area contributed by atoms with Gasteiger partial charge in [-0.1, -0.05) is 39.7 Å². The zero-order chi connectivity index (χ0) is 32.7. The number of rotatable bonds is 13. The van der Waals surface area contributed by atoms with Gasteiger partial charge in [0.1, 0.15) is 11.5 Å². The fourth-order valence-electron chi connectivity index (χ4n) is 4.92. The number of fused-ring (bicyclic) bond motifs is 1. The lowest BCUT2D eigenvalue weighted by Gasteiger charge is -2.36. The van der Waals surface area contributed by atoms with Gasteiger partial charge in [-0.15, -0.1) is 0 Å². The van der Waals surface area contributed by atoms with Crippen LogP contribution in [0, 0.1) is 12.3 Å². The molecule has 1 aliphatic rings. The van der Waals surface area contributed by atoms with E-state index in [1.807, 2.05) is 52.9 Å². The lowest BCUT2D eigenvalue weighted by molar-refractivity contribution is -0.118. The molecule has 0 radical (unpaired) electrons. The number of piperidine rings is 1. The zero-order valence-corrected chi connectivity index (χ0v) is 27.4. The van der Waals surface area contributed by atoms with Crippen molar-refractivity contribution < 1.29 is 23.8 Å². The van der Waals surface area contributed by atoms with Gasteiger partial charge < -0.3 is 24.9 Å². The van der Waals surface area contributed by atoms with Crippen molar-refractivity contribution >= 4 is 28.3 Å². The van der Waals surface area contributed by atoms with E-state index < -0.39 is 11.5 Å². The fourth-order valence-corrected chi connectivity index (χ4v) is 4.92. The number of nitrogens with two attached hydrogens (primary N) is 1. The first-order valence-corrected chi connectivity index (χ1v) is 15.7. The summed E-state index contributed by atoms with van der Waals surface area (Å²) < 4.78 is 11.5. The van der Waals surface area contributed by atoms with Gasteiger partial charge in [0, 0.05) is 55.9 Å². The topological polar surface area (TPSA) is 156 Å². The number of nitrogens with one attached hydrogen (secondary N) is 1. The number of ketones is 1. The normalized spacial score (nSPS) is 14.2. The van der Waals surface area contributed by atoms with Gasteiger partial charge in [-0.05, 0) is 51.8 Å². The van der Waals surface area contributed by atoms with Crippen molar-refractivity contribution in [2.45, 2.75) is 97.5 Å². The second-order valence-electron chi connectivity index (χ2n) is 11.2. The predicted molar refractivity (Wildman–Crippen MR) is 175 cm³/mol.